The predicted molar refractivity (Wildman–Crippen MR) is 82.4 cm³/mol. The molecule has 0 fully saturated rings. The summed E-state index contributed by atoms with van der Waals surface area (Å²) in [6, 6.07) is 8.42. The first-order valence-electron chi connectivity index (χ1n) is 7.27. The van der Waals surface area contributed by atoms with E-state index < -0.39 is 17.9 Å². The van der Waals surface area contributed by atoms with Crippen LogP contribution in [0.1, 0.15) is 37.0 Å². The normalized spacial score (nSPS) is 13.0. The maximum atomic E-state index is 11.8. The lowest BCUT2D eigenvalue weighted by atomic mass is 10.0. The van der Waals surface area contributed by atoms with Crippen LogP contribution in [-0.2, 0) is 9.59 Å². The van der Waals surface area contributed by atoms with E-state index in [9.17, 15) is 14.4 Å². The second-order valence-electron chi connectivity index (χ2n) is 5.21. The first kappa shape index (κ1) is 17.7. The van der Waals surface area contributed by atoms with Crippen molar-refractivity contribution in [3.63, 3.8) is 0 Å². The van der Waals surface area contributed by atoms with Crippen molar-refractivity contribution in [1.82, 2.24) is 10.6 Å². The number of rotatable bonds is 8. The number of carbonyl (C=O) groups is 3. The Hall–Kier alpha value is -2.37. The minimum atomic E-state index is -0.942. The fourth-order valence-electron chi connectivity index (χ4n) is 1.81. The van der Waals surface area contributed by atoms with Crippen molar-refractivity contribution < 1.29 is 19.5 Å². The van der Waals surface area contributed by atoms with Gasteiger partial charge in [-0.05, 0) is 32.4 Å². The molecule has 0 aromatic heterocycles. The molecule has 0 aliphatic rings. The molecule has 1 aromatic carbocycles. The first-order chi connectivity index (χ1) is 10.4. The Morgan fingerprint density at radius 1 is 1.14 bits per heavy atom. The molecule has 1 aromatic rings. The van der Waals surface area contributed by atoms with Crippen LogP contribution in [-0.4, -0.2) is 35.5 Å². The third-order valence-corrected chi connectivity index (χ3v) is 3.43. The molecule has 0 spiro atoms. The maximum Gasteiger partial charge on any atom is 0.308 e. The molecule has 0 aliphatic heterocycles. The lowest BCUT2D eigenvalue weighted by Gasteiger charge is -2.17. The SMILES string of the molecule is CC(NC(=O)CCCNC(=O)c1ccccc1)C(C)C(=O)O. The summed E-state index contributed by atoms with van der Waals surface area (Å²) in [5, 5.41) is 14.2. The van der Waals surface area contributed by atoms with Crippen LogP contribution in [0.2, 0.25) is 0 Å². The molecule has 0 heterocycles. The summed E-state index contributed by atoms with van der Waals surface area (Å²) in [5.41, 5.74) is 0.579. The van der Waals surface area contributed by atoms with Gasteiger partial charge in [0.25, 0.3) is 5.91 Å². The van der Waals surface area contributed by atoms with Gasteiger partial charge < -0.3 is 15.7 Å². The molecule has 2 atom stereocenters. The van der Waals surface area contributed by atoms with Gasteiger partial charge >= 0.3 is 5.97 Å². The number of aliphatic carboxylic acids is 1. The van der Waals surface area contributed by atoms with Crippen molar-refractivity contribution in [3.8, 4) is 0 Å². The molecule has 22 heavy (non-hydrogen) atoms. The number of carboxylic acid groups (broad SMARTS) is 1. The Morgan fingerprint density at radius 3 is 2.36 bits per heavy atom. The highest BCUT2D eigenvalue weighted by Gasteiger charge is 2.20. The molecule has 0 saturated heterocycles. The minimum absolute atomic E-state index is 0.172. The van der Waals surface area contributed by atoms with Gasteiger partial charge in [-0.3, -0.25) is 14.4 Å². The van der Waals surface area contributed by atoms with Crippen LogP contribution < -0.4 is 10.6 Å². The van der Waals surface area contributed by atoms with Crippen LogP contribution in [0.25, 0.3) is 0 Å². The van der Waals surface area contributed by atoms with Gasteiger partial charge in [0.05, 0.1) is 5.92 Å². The Balaban J connectivity index is 2.23. The molecule has 0 saturated carbocycles. The molecule has 0 bridgehead atoms. The lowest BCUT2D eigenvalue weighted by Crippen LogP contribution is -2.40. The van der Waals surface area contributed by atoms with E-state index in [2.05, 4.69) is 10.6 Å². The van der Waals surface area contributed by atoms with Crippen LogP contribution >= 0.6 is 0 Å². The van der Waals surface area contributed by atoms with Crippen molar-refractivity contribution in [2.45, 2.75) is 32.7 Å². The smallest absolute Gasteiger partial charge is 0.308 e. The Labute approximate surface area is 129 Å². The van der Waals surface area contributed by atoms with Crippen LogP contribution in [0.4, 0.5) is 0 Å². The monoisotopic (exact) mass is 306 g/mol. The molecule has 0 aliphatic carbocycles. The minimum Gasteiger partial charge on any atom is -0.481 e. The van der Waals surface area contributed by atoms with Crippen molar-refractivity contribution >= 4 is 17.8 Å². The van der Waals surface area contributed by atoms with Crippen LogP contribution in [0, 0.1) is 5.92 Å². The zero-order valence-corrected chi connectivity index (χ0v) is 12.8. The van der Waals surface area contributed by atoms with Crippen molar-refractivity contribution in [2.75, 3.05) is 6.54 Å². The Bertz CT molecular complexity index is 516. The van der Waals surface area contributed by atoms with E-state index in [4.69, 9.17) is 5.11 Å². The third kappa shape index (κ3) is 5.95. The Kier molecular flexibility index (Phi) is 7.08. The standard InChI is InChI=1S/C16H22N2O4/c1-11(16(21)22)12(2)18-14(19)9-6-10-17-15(20)13-7-4-3-5-8-13/h3-5,7-8,11-12H,6,9-10H2,1-2H3,(H,17,20)(H,18,19)(H,21,22). The molecule has 1 rings (SSSR count). The van der Waals surface area contributed by atoms with Crippen molar-refractivity contribution in [3.05, 3.63) is 35.9 Å². The molecule has 6 heteroatoms. The average molecular weight is 306 g/mol. The number of hydrogen-bond acceptors (Lipinski definition) is 3. The number of carboxylic acids is 1. The molecule has 0 radical (unpaired) electrons. The molecule has 2 amide bonds. The van der Waals surface area contributed by atoms with E-state index in [1.807, 2.05) is 6.07 Å². The number of nitrogens with one attached hydrogen (secondary N) is 2. The van der Waals surface area contributed by atoms with Gasteiger partial charge in [-0.25, -0.2) is 0 Å². The topological polar surface area (TPSA) is 95.5 Å². The van der Waals surface area contributed by atoms with Gasteiger partial charge in [-0.2, -0.15) is 0 Å². The Morgan fingerprint density at radius 2 is 1.77 bits per heavy atom. The fourth-order valence-corrected chi connectivity index (χ4v) is 1.81. The maximum absolute atomic E-state index is 11.8. The van der Waals surface area contributed by atoms with Gasteiger partial charge in [0.2, 0.25) is 5.91 Å². The van der Waals surface area contributed by atoms with Gasteiger partial charge in [-0.1, -0.05) is 18.2 Å². The average Bonchev–Trinajstić information content (AvgIpc) is 2.51. The zero-order valence-electron chi connectivity index (χ0n) is 12.8. The van der Waals surface area contributed by atoms with Crippen LogP contribution in [0.3, 0.4) is 0 Å². The molecular weight excluding hydrogens is 284 g/mol. The molecular formula is C16H22N2O4. The lowest BCUT2D eigenvalue weighted by molar-refractivity contribution is -0.142. The molecule has 2 unspecified atom stereocenters. The van der Waals surface area contributed by atoms with E-state index in [0.717, 1.165) is 0 Å². The highest BCUT2D eigenvalue weighted by molar-refractivity contribution is 5.94. The largest absolute Gasteiger partial charge is 0.481 e. The van der Waals surface area contributed by atoms with E-state index in [-0.39, 0.29) is 18.2 Å². The summed E-state index contributed by atoms with van der Waals surface area (Å²) >= 11 is 0. The second kappa shape index (κ2) is 8.81. The summed E-state index contributed by atoms with van der Waals surface area (Å²) in [7, 11) is 0. The summed E-state index contributed by atoms with van der Waals surface area (Å²) < 4.78 is 0. The van der Waals surface area contributed by atoms with Crippen molar-refractivity contribution in [2.24, 2.45) is 5.92 Å². The highest BCUT2D eigenvalue weighted by Crippen LogP contribution is 2.03. The van der Waals surface area contributed by atoms with E-state index in [1.165, 1.54) is 0 Å². The van der Waals surface area contributed by atoms with E-state index >= 15 is 0 Å². The van der Waals surface area contributed by atoms with E-state index in [0.29, 0.717) is 18.5 Å². The molecule has 3 N–H and O–H groups in total. The quantitative estimate of drug-likeness (QED) is 0.633. The van der Waals surface area contributed by atoms with Gasteiger partial charge in [0, 0.05) is 24.6 Å². The summed E-state index contributed by atoms with van der Waals surface area (Å²) in [6.07, 6.45) is 0.740. The summed E-state index contributed by atoms with van der Waals surface area (Å²) in [5.74, 6) is -1.96. The third-order valence-electron chi connectivity index (χ3n) is 3.43. The van der Waals surface area contributed by atoms with E-state index in [1.54, 1.807) is 38.1 Å². The second-order valence-corrected chi connectivity index (χ2v) is 5.21. The van der Waals surface area contributed by atoms with Crippen molar-refractivity contribution in [1.29, 1.82) is 0 Å². The number of carbonyl (C=O) groups excluding carboxylic acids is 2. The summed E-state index contributed by atoms with van der Waals surface area (Å²) in [6.45, 7) is 3.60. The molecule has 120 valence electrons. The van der Waals surface area contributed by atoms with Crippen LogP contribution in [0.15, 0.2) is 30.3 Å². The fraction of sp³-hybridized carbons (Fsp3) is 0.438. The van der Waals surface area contributed by atoms with Gasteiger partial charge in [0.15, 0.2) is 0 Å². The number of amides is 2. The highest BCUT2D eigenvalue weighted by atomic mass is 16.4. The van der Waals surface area contributed by atoms with Gasteiger partial charge in [0.1, 0.15) is 0 Å². The zero-order chi connectivity index (χ0) is 16.5. The van der Waals surface area contributed by atoms with Gasteiger partial charge in [-0.15, -0.1) is 0 Å². The number of benzene rings is 1. The molecule has 6 nitrogen and oxygen atoms in total. The first-order valence-corrected chi connectivity index (χ1v) is 7.27. The predicted octanol–water partition coefficient (Wildman–Crippen LogP) is 1.42. The van der Waals surface area contributed by atoms with Crippen LogP contribution in [0.5, 0.6) is 0 Å². The number of hydrogen-bond donors (Lipinski definition) is 3. The summed E-state index contributed by atoms with van der Waals surface area (Å²) in [4.78, 5) is 34.2.